The van der Waals surface area contributed by atoms with E-state index in [1.807, 2.05) is 54.6 Å². The summed E-state index contributed by atoms with van der Waals surface area (Å²) in [5.41, 5.74) is 3.91. The lowest BCUT2D eigenvalue weighted by atomic mass is 10.2. The summed E-state index contributed by atoms with van der Waals surface area (Å²) in [4.78, 5) is 28.7. The molecule has 0 spiro atoms. The van der Waals surface area contributed by atoms with Crippen LogP contribution in [-0.2, 0) is 9.53 Å². The molecule has 3 aromatic carbocycles. The Morgan fingerprint density at radius 1 is 0.967 bits per heavy atom. The second-order valence-electron chi connectivity index (χ2n) is 6.46. The molecule has 4 rings (SSSR count). The Bertz CT molecular complexity index is 1190. The van der Waals surface area contributed by atoms with E-state index in [0.29, 0.717) is 11.3 Å². The Morgan fingerprint density at radius 2 is 1.67 bits per heavy atom. The van der Waals surface area contributed by atoms with Gasteiger partial charge < -0.3 is 10.1 Å². The van der Waals surface area contributed by atoms with Crippen molar-refractivity contribution in [1.82, 2.24) is 9.55 Å². The number of para-hydroxylation sites is 3. The molecule has 30 heavy (non-hydrogen) atoms. The molecule has 150 valence electrons. The zero-order valence-corrected chi connectivity index (χ0v) is 17.1. The van der Waals surface area contributed by atoms with Crippen molar-refractivity contribution < 1.29 is 14.3 Å². The average Bonchev–Trinajstić information content (AvgIpc) is 3.16. The molecule has 4 aromatic rings. The fraction of sp³-hybridized carbons (Fsp3) is 0.0870. The number of nitrogens with zero attached hydrogens (tertiary/aromatic N) is 2. The molecule has 0 fully saturated rings. The monoisotopic (exact) mass is 417 g/mol. The van der Waals surface area contributed by atoms with Crippen LogP contribution in [-0.4, -0.2) is 34.3 Å². The highest BCUT2D eigenvalue weighted by Crippen LogP contribution is 2.28. The van der Waals surface area contributed by atoms with Gasteiger partial charge in [0.2, 0.25) is 5.91 Å². The number of fused-ring (bicyclic) bond motifs is 1. The van der Waals surface area contributed by atoms with Crippen LogP contribution >= 0.6 is 11.8 Å². The molecule has 0 radical (unpaired) electrons. The van der Waals surface area contributed by atoms with Gasteiger partial charge in [-0.05, 0) is 48.5 Å². The largest absolute Gasteiger partial charge is 0.465 e. The van der Waals surface area contributed by atoms with Crippen LogP contribution in [0.3, 0.4) is 0 Å². The lowest BCUT2D eigenvalue weighted by Gasteiger charge is -2.09. The first-order valence-electron chi connectivity index (χ1n) is 9.29. The Labute approximate surface area is 177 Å². The highest BCUT2D eigenvalue weighted by molar-refractivity contribution is 7.99. The van der Waals surface area contributed by atoms with Crippen LogP contribution in [0.4, 0.5) is 5.69 Å². The number of anilines is 1. The van der Waals surface area contributed by atoms with E-state index in [9.17, 15) is 9.59 Å². The van der Waals surface area contributed by atoms with Gasteiger partial charge in [-0.15, -0.1) is 0 Å². The molecular weight excluding hydrogens is 398 g/mol. The zero-order valence-electron chi connectivity index (χ0n) is 16.2. The van der Waals surface area contributed by atoms with Gasteiger partial charge in [0.15, 0.2) is 5.16 Å². The summed E-state index contributed by atoms with van der Waals surface area (Å²) in [6, 6.07) is 24.4. The number of carbonyl (C=O) groups is 2. The summed E-state index contributed by atoms with van der Waals surface area (Å²) in [7, 11) is 1.33. The molecule has 0 unspecified atom stereocenters. The van der Waals surface area contributed by atoms with E-state index < -0.39 is 5.97 Å². The van der Waals surface area contributed by atoms with E-state index in [1.165, 1.54) is 18.9 Å². The van der Waals surface area contributed by atoms with Gasteiger partial charge in [0.25, 0.3) is 0 Å². The van der Waals surface area contributed by atoms with E-state index in [1.54, 1.807) is 24.3 Å². The topological polar surface area (TPSA) is 73.2 Å². The van der Waals surface area contributed by atoms with E-state index in [0.717, 1.165) is 21.9 Å². The minimum absolute atomic E-state index is 0.155. The van der Waals surface area contributed by atoms with Crippen molar-refractivity contribution >= 4 is 40.4 Å². The van der Waals surface area contributed by atoms with Crippen LogP contribution in [0.5, 0.6) is 0 Å². The van der Waals surface area contributed by atoms with E-state index in [2.05, 4.69) is 14.6 Å². The number of carbonyl (C=O) groups excluding carboxylic acids is 2. The normalized spacial score (nSPS) is 10.7. The van der Waals surface area contributed by atoms with Crippen LogP contribution in [0.25, 0.3) is 16.7 Å². The molecule has 7 heteroatoms. The van der Waals surface area contributed by atoms with Gasteiger partial charge >= 0.3 is 5.97 Å². The minimum atomic E-state index is -0.414. The Hall–Kier alpha value is -3.58. The first-order chi connectivity index (χ1) is 14.7. The molecule has 0 saturated heterocycles. The van der Waals surface area contributed by atoms with Crippen LogP contribution in [0, 0.1) is 0 Å². The third-order valence-corrected chi connectivity index (χ3v) is 5.41. The maximum Gasteiger partial charge on any atom is 0.337 e. The number of thioether (sulfide) groups is 1. The first kappa shape index (κ1) is 19.7. The maximum absolute atomic E-state index is 12.5. The number of imidazole rings is 1. The Kier molecular flexibility index (Phi) is 5.81. The molecule has 0 atom stereocenters. The summed E-state index contributed by atoms with van der Waals surface area (Å²) in [6.45, 7) is 0. The zero-order chi connectivity index (χ0) is 20.9. The molecule has 1 aromatic heterocycles. The Morgan fingerprint density at radius 3 is 2.40 bits per heavy atom. The van der Waals surface area contributed by atoms with Crippen molar-refractivity contribution in [3.8, 4) is 5.69 Å². The van der Waals surface area contributed by atoms with Gasteiger partial charge in [0.1, 0.15) is 0 Å². The highest BCUT2D eigenvalue weighted by atomic mass is 32.2. The van der Waals surface area contributed by atoms with Crippen LogP contribution < -0.4 is 5.32 Å². The quantitative estimate of drug-likeness (QED) is 0.368. The summed E-state index contributed by atoms with van der Waals surface area (Å²) in [5, 5.41) is 3.59. The SMILES string of the molecule is COC(=O)c1ccc(NC(=O)CSc2nc3ccccc3n2-c2ccccc2)cc1. The smallest absolute Gasteiger partial charge is 0.337 e. The fourth-order valence-corrected chi connectivity index (χ4v) is 3.89. The van der Waals surface area contributed by atoms with Gasteiger partial charge in [-0.3, -0.25) is 9.36 Å². The molecule has 1 N–H and O–H groups in total. The lowest BCUT2D eigenvalue weighted by molar-refractivity contribution is -0.113. The fourth-order valence-electron chi connectivity index (χ4n) is 3.06. The number of esters is 1. The van der Waals surface area contributed by atoms with Gasteiger partial charge in [-0.25, -0.2) is 9.78 Å². The third kappa shape index (κ3) is 4.21. The maximum atomic E-state index is 12.5. The Balaban J connectivity index is 1.50. The van der Waals surface area contributed by atoms with Crippen molar-refractivity contribution in [1.29, 1.82) is 0 Å². The molecule has 1 amide bonds. The molecule has 0 aliphatic heterocycles. The summed E-state index contributed by atoms with van der Waals surface area (Å²) >= 11 is 1.37. The van der Waals surface area contributed by atoms with E-state index >= 15 is 0 Å². The number of methoxy groups -OCH3 is 1. The van der Waals surface area contributed by atoms with Crippen molar-refractivity contribution in [3.05, 3.63) is 84.4 Å². The number of nitrogens with one attached hydrogen (secondary N) is 1. The van der Waals surface area contributed by atoms with Crippen LogP contribution in [0.1, 0.15) is 10.4 Å². The number of hydrogen-bond donors (Lipinski definition) is 1. The molecule has 0 aliphatic carbocycles. The predicted molar refractivity (Wildman–Crippen MR) is 118 cm³/mol. The number of amides is 1. The molecule has 0 saturated carbocycles. The molecule has 1 heterocycles. The lowest BCUT2D eigenvalue weighted by Crippen LogP contribution is -2.14. The summed E-state index contributed by atoms with van der Waals surface area (Å²) < 4.78 is 6.73. The molecule has 0 bridgehead atoms. The van der Waals surface area contributed by atoms with Crippen molar-refractivity contribution in [2.24, 2.45) is 0 Å². The predicted octanol–water partition coefficient (Wildman–Crippen LogP) is 4.54. The molecule has 6 nitrogen and oxygen atoms in total. The molecular formula is C23H19N3O3S. The van der Waals surface area contributed by atoms with Crippen molar-refractivity contribution in [2.45, 2.75) is 5.16 Å². The second kappa shape index (κ2) is 8.84. The van der Waals surface area contributed by atoms with Gasteiger partial charge in [-0.2, -0.15) is 0 Å². The third-order valence-electron chi connectivity index (χ3n) is 4.47. The summed E-state index contributed by atoms with van der Waals surface area (Å²) in [6.07, 6.45) is 0. The van der Waals surface area contributed by atoms with Gasteiger partial charge in [0.05, 0.1) is 29.5 Å². The summed E-state index contributed by atoms with van der Waals surface area (Å²) in [5.74, 6) is -0.365. The van der Waals surface area contributed by atoms with E-state index in [-0.39, 0.29) is 11.7 Å². The second-order valence-corrected chi connectivity index (χ2v) is 7.40. The van der Waals surface area contributed by atoms with Gasteiger partial charge in [0, 0.05) is 11.4 Å². The number of aromatic nitrogens is 2. The number of hydrogen-bond acceptors (Lipinski definition) is 5. The minimum Gasteiger partial charge on any atom is -0.465 e. The highest BCUT2D eigenvalue weighted by Gasteiger charge is 2.14. The number of benzene rings is 3. The van der Waals surface area contributed by atoms with Crippen molar-refractivity contribution in [2.75, 3.05) is 18.2 Å². The molecule has 0 aliphatic rings. The number of rotatable bonds is 6. The number of ether oxygens (including phenoxy) is 1. The average molecular weight is 417 g/mol. The van der Waals surface area contributed by atoms with Crippen LogP contribution in [0.15, 0.2) is 84.0 Å². The van der Waals surface area contributed by atoms with Crippen LogP contribution in [0.2, 0.25) is 0 Å². The standard InChI is InChI=1S/C23H19N3O3S/c1-29-22(28)16-11-13-17(14-12-16)24-21(27)15-30-23-25-19-9-5-6-10-20(19)26(23)18-7-3-2-4-8-18/h2-14H,15H2,1H3,(H,24,27). The van der Waals surface area contributed by atoms with Gasteiger partial charge in [-0.1, -0.05) is 42.1 Å². The first-order valence-corrected chi connectivity index (χ1v) is 10.3. The van der Waals surface area contributed by atoms with Crippen molar-refractivity contribution in [3.63, 3.8) is 0 Å². The van der Waals surface area contributed by atoms with E-state index in [4.69, 9.17) is 4.98 Å².